The number of aromatic nitrogens is 4. The largest absolute Gasteiger partial charge is 0.475 e. The van der Waals surface area contributed by atoms with Crippen LogP contribution in [0.3, 0.4) is 0 Å². The van der Waals surface area contributed by atoms with Crippen LogP contribution in [0.25, 0.3) is 11.3 Å². The Bertz CT molecular complexity index is 2250. The van der Waals surface area contributed by atoms with E-state index in [-0.39, 0.29) is 46.6 Å². The average molecular weight is 748 g/mol. The van der Waals surface area contributed by atoms with E-state index in [9.17, 15) is 8.42 Å². The fourth-order valence-electron chi connectivity index (χ4n) is 9.80. The summed E-state index contributed by atoms with van der Waals surface area (Å²) in [5, 5.41) is 0. The minimum absolute atomic E-state index is 0.0411. The molecule has 6 bridgehead atoms. The first-order valence-electron chi connectivity index (χ1n) is 19.2. The Labute approximate surface area is 318 Å². The Balaban J connectivity index is 1.13. The third kappa shape index (κ3) is 5.92. The summed E-state index contributed by atoms with van der Waals surface area (Å²) in [6.45, 7) is 10.7. The highest BCUT2D eigenvalue weighted by molar-refractivity contribution is 7.92. The highest BCUT2D eigenvalue weighted by Crippen LogP contribution is 2.70. The molecule has 2 aromatic carbocycles. The number of hydrogen-bond acceptors (Lipinski definition) is 9. The van der Waals surface area contributed by atoms with Gasteiger partial charge in [-0.3, -0.25) is 4.79 Å². The third-order valence-corrected chi connectivity index (χ3v) is 14.1. The number of rotatable bonds is 6. The summed E-state index contributed by atoms with van der Waals surface area (Å²) in [6.07, 6.45) is 9.30. The van der Waals surface area contributed by atoms with E-state index >= 15 is 4.79 Å². The Morgan fingerprint density at radius 1 is 0.963 bits per heavy atom. The van der Waals surface area contributed by atoms with Gasteiger partial charge in [-0.1, -0.05) is 45.0 Å². The van der Waals surface area contributed by atoms with Crippen LogP contribution in [0, 0.1) is 30.6 Å². The van der Waals surface area contributed by atoms with Crippen LogP contribution >= 0.6 is 0 Å². The second-order valence-corrected chi connectivity index (χ2v) is 19.6. The van der Waals surface area contributed by atoms with Crippen molar-refractivity contribution >= 4 is 27.7 Å². The summed E-state index contributed by atoms with van der Waals surface area (Å²) >= 11 is 0. The second-order valence-electron chi connectivity index (χ2n) is 17.9. The zero-order chi connectivity index (χ0) is 37.8. The first-order valence-corrected chi connectivity index (χ1v) is 20.7. The molecule has 5 fully saturated rings. The zero-order valence-corrected chi connectivity index (χ0v) is 32.8. The number of hydrogen-bond donors (Lipinski definition) is 1. The van der Waals surface area contributed by atoms with Crippen molar-refractivity contribution in [3.05, 3.63) is 83.3 Å². The van der Waals surface area contributed by atoms with E-state index in [2.05, 4.69) is 47.4 Å². The predicted molar refractivity (Wildman–Crippen MR) is 207 cm³/mol. The van der Waals surface area contributed by atoms with Gasteiger partial charge in [-0.05, 0) is 111 Å². The van der Waals surface area contributed by atoms with E-state index < -0.39 is 15.6 Å². The number of anilines is 2. The standard InChI is InChI=1S/C42H49N7O4S/c1-25-9-7-10-26(2)35(25)32-18-34-46-39(44-32)47-54(51,52)31-12-8-11-27(17-31)38(50)49(30(24-53-34)21-40(3,4)5)42-19-28(20-42)36(42)37-43-16-13-33(45-37)48(6)29-22-41(23-29)14-15-41/h7-13,16-18,28-30,36H,14-15,19-24H2,1-6H3,(H,44,46,47)/t28?,30-,36?,42?/m1/s1. The van der Waals surface area contributed by atoms with E-state index in [1.54, 1.807) is 18.2 Å². The van der Waals surface area contributed by atoms with Gasteiger partial charge in [0.2, 0.25) is 11.8 Å². The lowest BCUT2D eigenvalue weighted by atomic mass is 9.41. The minimum atomic E-state index is -4.18. The average Bonchev–Trinajstić information content (AvgIpc) is 3.88. The van der Waals surface area contributed by atoms with Crippen molar-refractivity contribution in [3.8, 4) is 17.1 Å². The van der Waals surface area contributed by atoms with E-state index in [4.69, 9.17) is 14.7 Å². The molecular weight excluding hydrogens is 699 g/mol. The Hall–Kier alpha value is -4.58. The summed E-state index contributed by atoms with van der Waals surface area (Å²) in [6, 6.07) is 16.2. The molecule has 2 atom stereocenters. The molecule has 282 valence electrons. The van der Waals surface area contributed by atoms with E-state index in [1.807, 2.05) is 49.2 Å². The van der Waals surface area contributed by atoms with Crippen LogP contribution < -0.4 is 14.4 Å². The van der Waals surface area contributed by atoms with Crippen LogP contribution in [0.1, 0.15) is 98.9 Å². The zero-order valence-electron chi connectivity index (χ0n) is 32.0. The second kappa shape index (κ2) is 12.2. The molecule has 10 rings (SSSR count). The van der Waals surface area contributed by atoms with Gasteiger partial charge >= 0.3 is 0 Å². The molecule has 11 nitrogen and oxygen atoms in total. The number of fused-ring (bicyclic) bond motifs is 4. The number of benzene rings is 2. The van der Waals surface area contributed by atoms with Gasteiger partial charge in [0.1, 0.15) is 18.2 Å². The maximum Gasteiger partial charge on any atom is 0.264 e. The monoisotopic (exact) mass is 747 g/mol. The van der Waals surface area contributed by atoms with Crippen molar-refractivity contribution in [2.75, 3.05) is 23.3 Å². The molecule has 0 radical (unpaired) electrons. The van der Waals surface area contributed by atoms with Gasteiger partial charge in [-0.15, -0.1) is 0 Å². The molecule has 1 unspecified atom stereocenters. The predicted octanol–water partition coefficient (Wildman–Crippen LogP) is 7.32. The number of sulfonamides is 1. The van der Waals surface area contributed by atoms with Crippen molar-refractivity contribution in [1.82, 2.24) is 24.8 Å². The van der Waals surface area contributed by atoms with Gasteiger partial charge in [-0.2, -0.15) is 4.98 Å². The van der Waals surface area contributed by atoms with Gasteiger partial charge in [-0.25, -0.2) is 28.1 Å². The van der Waals surface area contributed by atoms with Crippen molar-refractivity contribution in [2.45, 2.75) is 108 Å². The minimum Gasteiger partial charge on any atom is -0.475 e. The van der Waals surface area contributed by atoms with Crippen LogP contribution in [0.15, 0.2) is 65.7 Å². The molecule has 1 amide bonds. The first kappa shape index (κ1) is 35.1. The molecule has 5 saturated carbocycles. The highest BCUT2D eigenvalue weighted by Gasteiger charge is 2.71. The lowest BCUT2D eigenvalue weighted by Gasteiger charge is -2.72. The van der Waals surface area contributed by atoms with Gasteiger partial charge in [0.15, 0.2) is 0 Å². The van der Waals surface area contributed by atoms with Gasteiger partial charge in [0.05, 0.1) is 22.2 Å². The van der Waals surface area contributed by atoms with Gasteiger partial charge < -0.3 is 14.5 Å². The maximum absolute atomic E-state index is 15.1. The lowest BCUT2D eigenvalue weighted by molar-refractivity contribution is -0.174. The van der Waals surface area contributed by atoms with Crippen molar-refractivity contribution in [3.63, 3.8) is 0 Å². The summed E-state index contributed by atoms with van der Waals surface area (Å²) < 4.78 is 37.0. The van der Waals surface area contributed by atoms with Gasteiger partial charge in [0.25, 0.3) is 15.9 Å². The number of carbonyl (C=O) groups excluding carboxylic acids is 1. The van der Waals surface area contributed by atoms with E-state index in [1.165, 1.54) is 37.8 Å². The normalized spacial score (nSPS) is 26.4. The fraction of sp³-hybridized carbons (Fsp3) is 0.500. The highest BCUT2D eigenvalue weighted by atomic mass is 32.2. The van der Waals surface area contributed by atoms with Crippen LogP contribution in [-0.4, -0.2) is 70.4 Å². The maximum atomic E-state index is 15.1. The van der Waals surface area contributed by atoms with Crippen LogP contribution in [0.2, 0.25) is 0 Å². The van der Waals surface area contributed by atoms with Crippen LogP contribution in [-0.2, 0) is 10.0 Å². The lowest BCUT2D eigenvalue weighted by Crippen LogP contribution is -2.77. The third-order valence-electron chi connectivity index (χ3n) is 12.8. The summed E-state index contributed by atoms with van der Waals surface area (Å²) in [5.41, 5.74) is 3.59. The SMILES string of the molecule is Cc1cccc(C)c1-c1cc2nc(n1)NS(=O)(=O)c1cccc(c1)C(=O)N(C13CC(C1)C3c1nccc(N(C)C3CC4(CC4)C3)n1)[C@H](CC(C)(C)C)CO2. The quantitative estimate of drug-likeness (QED) is 0.216. The molecule has 12 heteroatoms. The molecule has 0 saturated heterocycles. The molecule has 2 aromatic heterocycles. The smallest absolute Gasteiger partial charge is 0.264 e. The number of nitrogens with one attached hydrogen (secondary N) is 1. The molecule has 3 heterocycles. The van der Waals surface area contributed by atoms with Crippen molar-refractivity contribution < 1.29 is 17.9 Å². The molecule has 1 spiro atoms. The summed E-state index contributed by atoms with van der Waals surface area (Å²) in [4.78, 5) is 38.7. The Morgan fingerprint density at radius 2 is 1.69 bits per heavy atom. The van der Waals surface area contributed by atoms with E-state index in [0.29, 0.717) is 35.1 Å². The fourth-order valence-corrected chi connectivity index (χ4v) is 10.8. The topological polar surface area (TPSA) is 131 Å². The van der Waals surface area contributed by atoms with E-state index in [0.717, 1.165) is 41.2 Å². The number of nitrogens with zero attached hydrogens (tertiary/aromatic N) is 6. The van der Waals surface area contributed by atoms with Crippen molar-refractivity contribution in [1.29, 1.82) is 0 Å². The summed E-state index contributed by atoms with van der Waals surface area (Å²) in [7, 11) is -2.04. The van der Waals surface area contributed by atoms with Crippen LogP contribution in [0.4, 0.5) is 11.8 Å². The number of amides is 1. The van der Waals surface area contributed by atoms with Crippen molar-refractivity contribution in [2.24, 2.45) is 16.7 Å². The number of aryl methyl sites for hydroxylation is 2. The Kier molecular flexibility index (Phi) is 7.95. The molecule has 5 aliphatic carbocycles. The van der Waals surface area contributed by atoms with Crippen LogP contribution in [0.5, 0.6) is 5.88 Å². The first-order chi connectivity index (χ1) is 25.6. The number of ether oxygens (including phenoxy) is 1. The molecule has 4 aromatic rings. The molecule has 1 N–H and O–H groups in total. The Morgan fingerprint density at radius 3 is 2.35 bits per heavy atom. The van der Waals surface area contributed by atoms with Gasteiger partial charge in [0, 0.05) is 42.4 Å². The molecule has 54 heavy (non-hydrogen) atoms. The summed E-state index contributed by atoms with van der Waals surface area (Å²) in [5.74, 6) is 1.93. The molecular formula is C42H49N7O4S. The number of carbonyl (C=O) groups is 1. The molecule has 6 aliphatic rings. The molecule has 1 aliphatic heterocycles.